The number of amides is 1. The van der Waals surface area contributed by atoms with Gasteiger partial charge in [0.15, 0.2) is 0 Å². The molecule has 1 N–H and O–H groups in total. The van der Waals surface area contributed by atoms with Gasteiger partial charge in [-0.1, -0.05) is 42.5 Å². The molecule has 9 nitrogen and oxygen atoms in total. The summed E-state index contributed by atoms with van der Waals surface area (Å²) in [6.07, 6.45) is 4.50. The zero-order chi connectivity index (χ0) is 21.6. The van der Waals surface area contributed by atoms with E-state index in [1.54, 1.807) is 11.0 Å². The topological polar surface area (TPSA) is 104 Å². The fraction of sp³-hybridized carbons (Fsp3) is 0.136. The van der Waals surface area contributed by atoms with Crippen LogP contribution in [0.15, 0.2) is 89.1 Å². The fourth-order valence-electron chi connectivity index (χ4n) is 3.11. The maximum Gasteiger partial charge on any atom is 0.331 e. The Kier molecular flexibility index (Phi) is 5.84. The van der Waals surface area contributed by atoms with E-state index in [1.807, 2.05) is 54.6 Å². The minimum Gasteiger partial charge on any atom is -0.350 e. The Bertz CT molecular complexity index is 1280. The molecule has 0 aliphatic rings. The largest absolute Gasteiger partial charge is 0.350 e. The predicted molar refractivity (Wildman–Crippen MR) is 114 cm³/mol. The molecule has 31 heavy (non-hydrogen) atoms. The average Bonchev–Trinajstić information content (AvgIpc) is 3.33. The van der Waals surface area contributed by atoms with Crippen molar-refractivity contribution in [3.8, 4) is 5.69 Å². The van der Waals surface area contributed by atoms with Crippen molar-refractivity contribution in [2.75, 3.05) is 0 Å². The Morgan fingerprint density at radius 1 is 0.935 bits per heavy atom. The van der Waals surface area contributed by atoms with Gasteiger partial charge in [0.2, 0.25) is 5.91 Å². The molecule has 0 saturated carbocycles. The Morgan fingerprint density at radius 2 is 1.71 bits per heavy atom. The van der Waals surface area contributed by atoms with Crippen molar-refractivity contribution in [1.29, 1.82) is 0 Å². The third-order valence-electron chi connectivity index (χ3n) is 4.75. The van der Waals surface area contributed by atoms with E-state index in [1.165, 1.54) is 23.2 Å². The SMILES string of the molecule is O=C(Cn1c(=O)ccn(Cc2ccccc2)c1=O)NCc1ccc(-n2cncn2)cc1. The molecule has 2 heterocycles. The molecule has 156 valence electrons. The first-order valence-electron chi connectivity index (χ1n) is 9.65. The molecular weight excluding hydrogens is 396 g/mol. The summed E-state index contributed by atoms with van der Waals surface area (Å²) in [6, 6.07) is 18.2. The van der Waals surface area contributed by atoms with Crippen LogP contribution in [-0.4, -0.2) is 29.8 Å². The van der Waals surface area contributed by atoms with Crippen LogP contribution in [0.3, 0.4) is 0 Å². The maximum atomic E-state index is 12.7. The zero-order valence-electron chi connectivity index (χ0n) is 16.6. The fourth-order valence-corrected chi connectivity index (χ4v) is 3.11. The summed E-state index contributed by atoms with van der Waals surface area (Å²) in [6.45, 7) is 0.250. The molecule has 2 aromatic carbocycles. The van der Waals surface area contributed by atoms with Crippen molar-refractivity contribution < 1.29 is 4.79 Å². The second-order valence-corrected chi connectivity index (χ2v) is 6.92. The Morgan fingerprint density at radius 3 is 2.42 bits per heavy atom. The van der Waals surface area contributed by atoms with Gasteiger partial charge in [-0.2, -0.15) is 5.10 Å². The maximum absolute atomic E-state index is 12.7. The van der Waals surface area contributed by atoms with Crippen LogP contribution in [0.2, 0.25) is 0 Å². The molecule has 0 unspecified atom stereocenters. The molecule has 1 amide bonds. The third kappa shape index (κ3) is 4.84. The third-order valence-corrected chi connectivity index (χ3v) is 4.75. The molecule has 0 saturated heterocycles. The van der Waals surface area contributed by atoms with E-state index in [4.69, 9.17) is 0 Å². The van der Waals surface area contributed by atoms with Crippen LogP contribution in [0.1, 0.15) is 11.1 Å². The molecule has 0 bridgehead atoms. The quantitative estimate of drug-likeness (QED) is 0.483. The number of aromatic nitrogens is 5. The van der Waals surface area contributed by atoms with Crippen molar-refractivity contribution >= 4 is 5.91 Å². The monoisotopic (exact) mass is 416 g/mol. The van der Waals surface area contributed by atoms with E-state index < -0.39 is 17.2 Å². The highest BCUT2D eigenvalue weighted by molar-refractivity contribution is 5.75. The minimum absolute atomic E-state index is 0.274. The van der Waals surface area contributed by atoms with Crippen LogP contribution in [0, 0.1) is 0 Å². The summed E-state index contributed by atoms with van der Waals surface area (Å²) >= 11 is 0. The van der Waals surface area contributed by atoms with E-state index in [2.05, 4.69) is 15.4 Å². The van der Waals surface area contributed by atoms with Gasteiger partial charge in [-0.15, -0.1) is 0 Å². The number of carbonyl (C=O) groups excluding carboxylic acids is 1. The second-order valence-electron chi connectivity index (χ2n) is 6.92. The summed E-state index contributed by atoms with van der Waals surface area (Å²) in [5.74, 6) is -0.419. The molecule has 0 atom stereocenters. The molecule has 0 spiro atoms. The van der Waals surface area contributed by atoms with Gasteiger partial charge in [0.1, 0.15) is 19.2 Å². The van der Waals surface area contributed by atoms with Gasteiger partial charge in [-0.05, 0) is 23.3 Å². The zero-order valence-corrected chi connectivity index (χ0v) is 16.6. The van der Waals surface area contributed by atoms with Crippen LogP contribution in [-0.2, 0) is 24.4 Å². The summed E-state index contributed by atoms with van der Waals surface area (Å²) in [4.78, 5) is 41.1. The van der Waals surface area contributed by atoms with Crippen molar-refractivity contribution in [2.24, 2.45) is 0 Å². The molecule has 9 heteroatoms. The molecule has 0 aliphatic carbocycles. The highest BCUT2D eigenvalue weighted by Gasteiger charge is 2.10. The highest BCUT2D eigenvalue weighted by atomic mass is 16.2. The molecule has 0 aliphatic heterocycles. The van der Waals surface area contributed by atoms with Gasteiger partial charge >= 0.3 is 5.69 Å². The van der Waals surface area contributed by atoms with Gasteiger partial charge < -0.3 is 5.32 Å². The molecular formula is C22H20N6O3. The number of nitrogens with zero attached hydrogens (tertiary/aromatic N) is 5. The van der Waals surface area contributed by atoms with Crippen LogP contribution < -0.4 is 16.6 Å². The van der Waals surface area contributed by atoms with Crippen molar-refractivity contribution in [2.45, 2.75) is 19.6 Å². The lowest BCUT2D eigenvalue weighted by Crippen LogP contribution is -2.43. The van der Waals surface area contributed by atoms with E-state index in [-0.39, 0.29) is 13.1 Å². The smallest absolute Gasteiger partial charge is 0.331 e. The van der Waals surface area contributed by atoms with E-state index in [0.717, 1.165) is 21.4 Å². The van der Waals surface area contributed by atoms with E-state index >= 15 is 0 Å². The Hall–Kier alpha value is -4.27. The number of hydrogen-bond acceptors (Lipinski definition) is 5. The molecule has 0 fully saturated rings. The van der Waals surface area contributed by atoms with Crippen LogP contribution in [0.5, 0.6) is 0 Å². The van der Waals surface area contributed by atoms with Crippen molar-refractivity contribution in [1.82, 2.24) is 29.2 Å². The van der Waals surface area contributed by atoms with Crippen LogP contribution in [0.25, 0.3) is 5.69 Å². The normalized spacial score (nSPS) is 10.7. The van der Waals surface area contributed by atoms with Crippen LogP contribution >= 0.6 is 0 Å². The average molecular weight is 416 g/mol. The van der Waals surface area contributed by atoms with Gasteiger partial charge in [0.25, 0.3) is 5.56 Å². The number of nitrogens with one attached hydrogen (secondary N) is 1. The highest BCUT2D eigenvalue weighted by Crippen LogP contribution is 2.07. The van der Waals surface area contributed by atoms with Gasteiger partial charge in [-0.3, -0.25) is 18.7 Å². The first-order valence-corrected chi connectivity index (χ1v) is 9.65. The van der Waals surface area contributed by atoms with Gasteiger partial charge in [-0.25, -0.2) is 14.5 Å². The molecule has 2 aromatic heterocycles. The molecule has 0 radical (unpaired) electrons. The van der Waals surface area contributed by atoms with Crippen molar-refractivity contribution in [3.63, 3.8) is 0 Å². The lowest BCUT2D eigenvalue weighted by Gasteiger charge is -2.11. The molecule has 4 aromatic rings. The van der Waals surface area contributed by atoms with Crippen molar-refractivity contribution in [3.05, 3.63) is 111 Å². The summed E-state index contributed by atoms with van der Waals surface area (Å²) in [7, 11) is 0. The molecule has 4 rings (SSSR count). The Labute approximate surface area is 177 Å². The minimum atomic E-state index is -0.524. The standard InChI is InChI=1S/C22H20N6O3/c29-20(24-12-17-6-8-19(9-7-17)28-16-23-15-25-28)14-27-21(30)10-11-26(22(27)31)13-18-4-2-1-3-5-18/h1-11,15-16H,12-14H2,(H,24,29). The summed E-state index contributed by atoms with van der Waals surface area (Å²) in [5, 5.41) is 6.80. The van der Waals surface area contributed by atoms with Crippen LogP contribution in [0.4, 0.5) is 0 Å². The predicted octanol–water partition coefficient (Wildman–Crippen LogP) is 0.955. The number of carbonyl (C=O) groups is 1. The number of hydrogen-bond donors (Lipinski definition) is 1. The summed E-state index contributed by atoms with van der Waals surface area (Å²) < 4.78 is 3.98. The van der Waals surface area contributed by atoms with E-state index in [0.29, 0.717) is 6.54 Å². The lowest BCUT2D eigenvalue weighted by molar-refractivity contribution is -0.121. The second kappa shape index (κ2) is 9.04. The Balaban J connectivity index is 1.41. The van der Waals surface area contributed by atoms with E-state index in [9.17, 15) is 14.4 Å². The first kappa shape index (κ1) is 20.0. The lowest BCUT2D eigenvalue weighted by atomic mass is 10.2. The van der Waals surface area contributed by atoms with Gasteiger partial charge in [0.05, 0.1) is 12.2 Å². The summed E-state index contributed by atoms with van der Waals surface area (Å²) in [5.41, 5.74) is 1.61. The van der Waals surface area contributed by atoms with Gasteiger partial charge in [0, 0.05) is 18.8 Å². The number of benzene rings is 2. The first-order chi connectivity index (χ1) is 15.1. The number of rotatable bonds is 7.